The van der Waals surface area contributed by atoms with Crippen molar-refractivity contribution in [1.82, 2.24) is 4.90 Å². The third-order valence-electron chi connectivity index (χ3n) is 9.28. The van der Waals surface area contributed by atoms with Gasteiger partial charge < -0.3 is 14.2 Å². The minimum Gasteiger partial charge on any atom is -0.497 e. The Morgan fingerprint density at radius 3 is 2.44 bits per heavy atom. The summed E-state index contributed by atoms with van der Waals surface area (Å²) >= 11 is 0. The lowest BCUT2D eigenvalue weighted by molar-refractivity contribution is -0.131. The molecule has 5 rings (SSSR count). The fourth-order valence-electron chi connectivity index (χ4n) is 7.11. The number of methoxy groups -OCH3 is 1. The van der Waals surface area contributed by atoms with Crippen molar-refractivity contribution in [3.63, 3.8) is 0 Å². The van der Waals surface area contributed by atoms with Crippen LogP contribution in [0.3, 0.4) is 0 Å². The molecule has 2 saturated carbocycles. The van der Waals surface area contributed by atoms with Gasteiger partial charge in [-0.25, -0.2) is 14.1 Å². The molecule has 0 spiro atoms. The Labute approximate surface area is 243 Å². The molecule has 2 amide bonds. The van der Waals surface area contributed by atoms with Gasteiger partial charge in [-0.1, -0.05) is 26.0 Å². The Hall–Kier alpha value is -3.09. The molecule has 2 aromatic carbocycles. The van der Waals surface area contributed by atoms with Crippen molar-refractivity contribution in [2.24, 2.45) is 17.8 Å². The predicted octanol–water partition coefficient (Wildman–Crippen LogP) is 7.85. The van der Waals surface area contributed by atoms with Crippen molar-refractivity contribution < 1.29 is 28.2 Å². The number of halogens is 1. The first-order chi connectivity index (χ1) is 19.6. The van der Waals surface area contributed by atoms with Gasteiger partial charge in [0, 0.05) is 6.42 Å². The zero-order valence-electron chi connectivity index (χ0n) is 25.0. The number of imide groups is 1. The first-order valence-electron chi connectivity index (χ1n) is 15.2. The van der Waals surface area contributed by atoms with Gasteiger partial charge in [-0.2, -0.15) is 0 Å². The summed E-state index contributed by atoms with van der Waals surface area (Å²) in [6.07, 6.45) is 5.75. The molecule has 41 heavy (non-hydrogen) atoms. The van der Waals surface area contributed by atoms with Gasteiger partial charge in [0.15, 0.2) is 0 Å². The lowest BCUT2D eigenvalue weighted by Gasteiger charge is -2.31. The van der Waals surface area contributed by atoms with Crippen LogP contribution in [0.15, 0.2) is 42.5 Å². The lowest BCUT2D eigenvalue weighted by Crippen LogP contribution is -2.48. The summed E-state index contributed by atoms with van der Waals surface area (Å²) in [5.41, 5.74) is 1.14. The van der Waals surface area contributed by atoms with Crippen LogP contribution in [0.1, 0.15) is 95.6 Å². The molecule has 2 aromatic rings. The standard InChI is InChI=1S/C34H44FNO5/c1-21(2)32-34(3,4)41-33(38)36(32)31(37)19-28(23-13-14-23)25-7-6-8-27(17-25)40-20-22-9-11-24(12-10-22)29-18-26(39-5)15-16-30(29)35/h6-8,15-18,21-24,28,32H,9-14,19-20H2,1-5H3/t22-,24-,28-,32-/m0/s1. The Balaban J connectivity index is 1.19. The second kappa shape index (κ2) is 12.0. The topological polar surface area (TPSA) is 65.1 Å². The van der Waals surface area contributed by atoms with Crippen LogP contribution < -0.4 is 9.47 Å². The number of carbonyl (C=O) groups is 2. The highest BCUT2D eigenvalue weighted by Crippen LogP contribution is 2.46. The van der Waals surface area contributed by atoms with Crippen molar-refractivity contribution >= 4 is 12.0 Å². The van der Waals surface area contributed by atoms with E-state index in [0.29, 0.717) is 24.2 Å². The second-order valence-corrected chi connectivity index (χ2v) is 13.1. The maximum Gasteiger partial charge on any atom is 0.417 e. The van der Waals surface area contributed by atoms with Gasteiger partial charge in [-0.15, -0.1) is 0 Å². The van der Waals surface area contributed by atoms with E-state index in [0.717, 1.165) is 55.4 Å². The van der Waals surface area contributed by atoms with Crippen LogP contribution in [0.2, 0.25) is 0 Å². The lowest BCUT2D eigenvalue weighted by atomic mass is 9.79. The average Bonchev–Trinajstić information content (AvgIpc) is 3.75. The normalized spacial score (nSPS) is 24.7. The highest BCUT2D eigenvalue weighted by atomic mass is 19.1. The monoisotopic (exact) mass is 565 g/mol. The molecule has 7 heteroatoms. The molecule has 0 unspecified atom stereocenters. The number of amides is 2. The Morgan fingerprint density at radius 1 is 1.05 bits per heavy atom. The van der Waals surface area contributed by atoms with Crippen LogP contribution in [0.4, 0.5) is 9.18 Å². The van der Waals surface area contributed by atoms with Crippen LogP contribution in [0.25, 0.3) is 0 Å². The number of hydrogen-bond donors (Lipinski definition) is 0. The second-order valence-electron chi connectivity index (χ2n) is 13.1. The van der Waals surface area contributed by atoms with Gasteiger partial charge in [0.1, 0.15) is 22.9 Å². The van der Waals surface area contributed by atoms with E-state index in [4.69, 9.17) is 14.2 Å². The SMILES string of the molecule is COc1ccc(F)c([C@H]2CC[C@H](COc3cccc([C@@H](CC(=O)N4C(=O)OC(C)(C)[C@@H]4C(C)C)C4CC4)c3)CC2)c1. The van der Waals surface area contributed by atoms with Gasteiger partial charge in [-0.3, -0.25) is 4.79 Å². The molecule has 2 aliphatic carbocycles. The quantitative estimate of drug-likeness (QED) is 0.293. The summed E-state index contributed by atoms with van der Waals surface area (Å²) in [4.78, 5) is 27.6. The first-order valence-corrected chi connectivity index (χ1v) is 15.2. The van der Waals surface area contributed by atoms with E-state index in [1.165, 1.54) is 11.0 Å². The molecule has 1 heterocycles. The predicted molar refractivity (Wildman–Crippen MR) is 156 cm³/mol. The molecule has 0 bridgehead atoms. The first kappa shape index (κ1) is 29.4. The summed E-state index contributed by atoms with van der Waals surface area (Å²) in [6, 6.07) is 12.8. The number of nitrogens with zero attached hydrogens (tertiary/aromatic N) is 1. The zero-order valence-corrected chi connectivity index (χ0v) is 25.0. The summed E-state index contributed by atoms with van der Waals surface area (Å²) in [5, 5.41) is 0. The van der Waals surface area contributed by atoms with E-state index in [2.05, 4.69) is 12.1 Å². The summed E-state index contributed by atoms with van der Waals surface area (Å²) in [5.74, 6) is 2.39. The number of carbonyl (C=O) groups excluding carboxylic acids is 2. The Bertz CT molecular complexity index is 1250. The third kappa shape index (κ3) is 6.54. The van der Waals surface area contributed by atoms with E-state index >= 15 is 0 Å². The molecule has 0 radical (unpaired) electrons. The van der Waals surface area contributed by atoms with Gasteiger partial charge >= 0.3 is 6.09 Å². The molecule has 2 atom stereocenters. The largest absolute Gasteiger partial charge is 0.497 e. The highest BCUT2D eigenvalue weighted by Gasteiger charge is 2.52. The molecule has 0 aromatic heterocycles. The molecule has 222 valence electrons. The van der Waals surface area contributed by atoms with E-state index in [9.17, 15) is 14.0 Å². The molecule has 3 aliphatic rings. The van der Waals surface area contributed by atoms with E-state index in [-0.39, 0.29) is 41.9 Å². The van der Waals surface area contributed by atoms with Gasteiger partial charge in [-0.05, 0) is 123 Å². The maximum atomic E-state index is 14.5. The Kier molecular flexibility index (Phi) is 8.62. The van der Waals surface area contributed by atoms with Crippen molar-refractivity contribution in [2.75, 3.05) is 13.7 Å². The molecular weight excluding hydrogens is 521 g/mol. The minimum atomic E-state index is -0.703. The Morgan fingerprint density at radius 2 is 1.78 bits per heavy atom. The molecule has 0 N–H and O–H groups in total. The maximum absolute atomic E-state index is 14.5. The van der Waals surface area contributed by atoms with Crippen molar-refractivity contribution in [1.29, 1.82) is 0 Å². The summed E-state index contributed by atoms with van der Waals surface area (Å²) < 4.78 is 31.6. The van der Waals surface area contributed by atoms with Crippen LogP contribution >= 0.6 is 0 Å². The highest BCUT2D eigenvalue weighted by molar-refractivity contribution is 5.94. The van der Waals surface area contributed by atoms with Crippen LogP contribution in [0, 0.1) is 23.6 Å². The number of rotatable bonds is 10. The fraction of sp³-hybridized carbons (Fsp3) is 0.588. The number of benzene rings is 2. The van der Waals surface area contributed by atoms with Crippen molar-refractivity contribution in [3.8, 4) is 11.5 Å². The van der Waals surface area contributed by atoms with Crippen LogP contribution in [-0.2, 0) is 9.53 Å². The van der Waals surface area contributed by atoms with Crippen molar-refractivity contribution in [3.05, 3.63) is 59.4 Å². The van der Waals surface area contributed by atoms with E-state index in [1.807, 2.05) is 45.9 Å². The molecule has 6 nitrogen and oxygen atoms in total. The summed E-state index contributed by atoms with van der Waals surface area (Å²) in [6.45, 7) is 8.43. The van der Waals surface area contributed by atoms with Crippen LogP contribution in [-0.4, -0.2) is 42.3 Å². The average molecular weight is 566 g/mol. The number of ether oxygens (including phenoxy) is 3. The fourth-order valence-corrected chi connectivity index (χ4v) is 7.11. The third-order valence-corrected chi connectivity index (χ3v) is 9.28. The van der Waals surface area contributed by atoms with E-state index < -0.39 is 11.7 Å². The molecule has 3 fully saturated rings. The van der Waals surface area contributed by atoms with Gasteiger partial charge in [0.05, 0.1) is 19.8 Å². The van der Waals surface area contributed by atoms with Crippen molar-refractivity contribution in [2.45, 2.75) is 96.1 Å². The summed E-state index contributed by atoms with van der Waals surface area (Å²) in [7, 11) is 1.61. The van der Waals surface area contributed by atoms with Gasteiger partial charge in [0.25, 0.3) is 0 Å². The van der Waals surface area contributed by atoms with Gasteiger partial charge in [0.2, 0.25) is 5.91 Å². The number of cyclic esters (lactones) is 1. The molecular formula is C34H44FNO5. The zero-order chi connectivity index (χ0) is 29.3. The molecule has 1 aliphatic heterocycles. The van der Waals surface area contributed by atoms with Crippen LogP contribution in [0.5, 0.6) is 11.5 Å². The smallest absolute Gasteiger partial charge is 0.417 e. The number of hydrogen-bond acceptors (Lipinski definition) is 5. The van der Waals surface area contributed by atoms with E-state index in [1.54, 1.807) is 13.2 Å². The minimum absolute atomic E-state index is 0.0450. The molecule has 1 saturated heterocycles.